The molecule has 0 bridgehead atoms. The molecule has 138 valence electrons. The zero-order chi connectivity index (χ0) is 19.0. The van der Waals surface area contributed by atoms with E-state index in [4.69, 9.17) is 0 Å². The zero-order valence-corrected chi connectivity index (χ0v) is 15.5. The van der Waals surface area contributed by atoms with Crippen molar-refractivity contribution in [2.75, 3.05) is 26.0 Å². The van der Waals surface area contributed by atoms with Gasteiger partial charge in [0.05, 0.1) is 16.5 Å². The second-order valence-corrected chi connectivity index (χ2v) is 6.86. The summed E-state index contributed by atoms with van der Waals surface area (Å²) < 4.78 is 1.61. The smallest absolute Gasteiger partial charge is 0.267 e. The number of fused-ring (bicyclic) bond motifs is 3. The van der Waals surface area contributed by atoms with Crippen LogP contribution >= 0.6 is 0 Å². The molecule has 4 rings (SSSR count). The summed E-state index contributed by atoms with van der Waals surface area (Å²) in [7, 11) is 4.03. The van der Waals surface area contributed by atoms with Gasteiger partial charge in [-0.3, -0.25) is 14.5 Å². The third-order valence-corrected chi connectivity index (χ3v) is 4.34. The van der Waals surface area contributed by atoms with E-state index in [1.54, 1.807) is 17.0 Å². The molecule has 1 atom stereocenters. The molecule has 0 spiro atoms. The standard InChI is InChI=1S/C19H21N7O/c1-12(11-25(2)3)22-19-20-9-14-16-15(10-21-24-16)18(27)26(17(14)23-19)13-7-5-4-6-8-13/h4-10,12H,11H2,1-3H3,(H,21,24)(H,20,22,23). The van der Waals surface area contributed by atoms with Gasteiger partial charge in [-0.05, 0) is 33.2 Å². The maximum atomic E-state index is 13.1. The van der Waals surface area contributed by atoms with Crippen molar-refractivity contribution in [3.05, 3.63) is 53.1 Å². The van der Waals surface area contributed by atoms with E-state index in [1.807, 2.05) is 44.4 Å². The Kier molecular flexibility index (Phi) is 4.33. The largest absolute Gasteiger partial charge is 0.350 e. The highest BCUT2D eigenvalue weighted by Gasteiger charge is 2.17. The maximum absolute atomic E-state index is 13.1. The number of para-hydroxylation sites is 1. The number of hydrogen-bond acceptors (Lipinski definition) is 6. The Labute approximate surface area is 155 Å². The van der Waals surface area contributed by atoms with Crippen LogP contribution in [0.15, 0.2) is 47.5 Å². The molecule has 3 aromatic heterocycles. The zero-order valence-electron chi connectivity index (χ0n) is 15.5. The van der Waals surface area contributed by atoms with Crippen molar-refractivity contribution in [1.29, 1.82) is 0 Å². The van der Waals surface area contributed by atoms with E-state index in [0.29, 0.717) is 22.5 Å². The first-order valence-electron chi connectivity index (χ1n) is 8.76. The van der Waals surface area contributed by atoms with Crippen LogP contribution in [0.3, 0.4) is 0 Å². The van der Waals surface area contributed by atoms with Crippen molar-refractivity contribution in [2.24, 2.45) is 0 Å². The van der Waals surface area contributed by atoms with E-state index >= 15 is 0 Å². The number of nitrogens with one attached hydrogen (secondary N) is 2. The Hall–Kier alpha value is -3.26. The van der Waals surface area contributed by atoms with Crippen LogP contribution < -0.4 is 10.9 Å². The van der Waals surface area contributed by atoms with Crippen LogP contribution in [0, 0.1) is 0 Å². The number of pyridine rings is 1. The quantitative estimate of drug-likeness (QED) is 0.564. The number of aromatic amines is 1. The first-order valence-corrected chi connectivity index (χ1v) is 8.76. The molecule has 0 aliphatic heterocycles. The molecule has 2 N–H and O–H groups in total. The van der Waals surface area contributed by atoms with Gasteiger partial charge in [0.25, 0.3) is 5.56 Å². The van der Waals surface area contributed by atoms with Crippen LogP contribution in [0.1, 0.15) is 6.92 Å². The SMILES string of the molecule is CC(CN(C)C)Nc1ncc2c3n[nH]cc3c(=O)n(-c3ccccc3)c2n1. The van der Waals surface area contributed by atoms with Crippen molar-refractivity contribution in [3.8, 4) is 5.69 Å². The van der Waals surface area contributed by atoms with E-state index in [2.05, 4.69) is 37.3 Å². The minimum absolute atomic E-state index is 0.156. The van der Waals surface area contributed by atoms with Crippen LogP contribution in [0.4, 0.5) is 5.95 Å². The number of hydrogen-bond donors (Lipinski definition) is 2. The van der Waals surface area contributed by atoms with Crippen LogP contribution in [-0.2, 0) is 0 Å². The highest BCUT2D eigenvalue weighted by molar-refractivity contribution is 6.02. The molecule has 0 aliphatic rings. The highest BCUT2D eigenvalue weighted by atomic mass is 16.1. The van der Waals surface area contributed by atoms with Crippen LogP contribution in [-0.4, -0.2) is 56.3 Å². The Morgan fingerprint density at radius 3 is 2.74 bits per heavy atom. The first kappa shape index (κ1) is 17.2. The molecule has 4 aromatic rings. The second kappa shape index (κ2) is 6.81. The lowest BCUT2D eigenvalue weighted by Crippen LogP contribution is -2.30. The molecule has 8 heteroatoms. The summed E-state index contributed by atoms with van der Waals surface area (Å²) >= 11 is 0. The van der Waals surface area contributed by atoms with E-state index in [9.17, 15) is 4.79 Å². The monoisotopic (exact) mass is 363 g/mol. The fraction of sp³-hybridized carbons (Fsp3) is 0.263. The van der Waals surface area contributed by atoms with Gasteiger partial charge in [-0.2, -0.15) is 10.1 Å². The predicted octanol–water partition coefficient (Wildman–Crippen LogP) is 2.02. The van der Waals surface area contributed by atoms with Crippen LogP contribution in [0.2, 0.25) is 0 Å². The van der Waals surface area contributed by atoms with Gasteiger partial charge in [0.15, 0.2) is 5.65 Å². The molecule has 27 heavy (non-hydrogen) atoms. The maximum Gasteiger partial charge on any atom is 0.267 e. The topological polar surface area (TPSA) is 91.7 Å². The average molecular weight is 363 g/mol. The molecule has 0 saturated carbocycles. The van der Waals surface area contributed by atoms with Crippen molar-refractivity contribution in [3.63, 3.8) is 0 Å². The van der Waals surface area contributed by atoms with E-state index in [-0.39, 0.29) is 11.6 Å². The summed E-state index contributed by atoms with van der Waals surface area (Å²) in [6.45, 7) is 2.90. The van der Waals surface area contributed by atoms with Gasteiger partial charge in [0.2, 0.25) is 5.95 Å². The molecule has 1 unspecified atom stereocenters. The Morgan fingerprint density at radius 1 is 1.22 bits per heavy atom. The second-order valence-electron chi connectivity index (χ2n) is 6.86. The van der Waals surface area contributed by atoms with E-state index in [0.717, 1.165) is 17.6 Å². The lowest BCUT2D eigenvalue weighted by molar-refractivity contribution is 0.391. The lowest BCUT2D eigenvalue weighted by Gasteiger charge is -2.18. The number of aromatic nitrogens is 5. The predicted molar refractivity (Wildman–Crippen MR) is 106 cm³/mol. The molecule has 0 amide bonds. The summed E-state index contributed by atoms with van der Waals surface area (Å²) in [6.07, 6.45) is 3.33. The summed E-state index contributed by atoms with van der Waals surface area (Å²) in [5.74, 6) is 0.482. The molecular formula is C19H21N7O. The molecule has 0 saturated heterocycles. The Morgan fingerprint density at radius 2 is 2.00 bits per heavy atom. The van der Waals surface area contributed by atoms with Gasteiger partial charge >= 0.3 is 0 Å². The molecule has 1 aromatic carbocycles. The van der Waals surface area contributed by atoms with E-state index < -0.39 is 0 Å². The minimum atomic E-state index is -0.163. The number of benzene rings is 1. The van der Waals surface area contributed by atoms with Crippen molar-refractivity contribution in [2.45, 2.75) is 13.0 Å². The average Bonchev–Trinajstić information content (AvgIpc) is 3.12. The number of H-pyrrole nitrogens is 1. The number of nitrogens with zero attached hydrogens (tertiary/aromatic N) is 5. The van der Waals surface area contributed by atoms with Crippen molar-refractivity contribution >= 4 is 27.9 Å². The lowest BCUT2D eigenvalue weighted by atomic mass is 10.2. The molecule has 0 radical (unpaired) electrons. The van der Waals surface area contributed by atoms with Gasteiger partial charge in [0, 0.05) is 25.0 Å². The van der Waals surface area contributed by atoms with Gasteiger partial charge in [-0.15, -0.1) is 0 Å². The summed E-state index contributed by atoms with van der Waals surface area (Å²) in [6, 6.07) is 9.63. The van der Waals surface area contributed by atoms with Crippen LogP contribution in [0.25, 0.3) is 27.6 Å². The van der Waals surface area contributed by atoms with Crippen molar-refractivity contribution < 1.29 is 0 Å². The van der Waals surface area contributed by atoms with Gasteiger partial charge < -0.3 is 10.2 Å². The van der Waals surface area contributed by atoms with Crippen LogP contribution in [0.5, 0.6) is 0 Å². The number of rotatable bonds is 5. The first-order chi connectivity index (χ1) is 13.0. The number of anilines is 1. The van der Waals surface area contributed by atoms with Gasteiger partial charge in [-0.1, -0.05) is 18.2 Å². The Bertz CT molecular complexity index is 1150. The third kappa shape index (κ3) is 3.15. The molecule has 0 aliphatic carbocycles. The summed E-state index contributed by atoms with van der Waals surface area (Å²) in [4.78, 5) is 24.3. The summed E-state index contributed by atoms with van der Waals surface area (Å²) in [5, 5.41) is 11.5. The molecular weight excluding hydrogens is 342 g/mol. The Balaban J connectivity index is 1.93. The molecule has 8 nitrogen and oxygen atoms in total. The van der Waals surface area contributed by atoms with E-state index in [1.165, 1.54) is 0 Å². The minimum Gasteiger partial charge on any atom is -0.350 e. The van der Waals surface area contributed by atoms with Gasteiger partial charge in [0.1, 0.15) is 5.52 Å². The third-order valence-electron chi connectivity index (χ3n) is 4.34. The molecule has 0 fully saturated rings. The highest BCUT2D eigenvalue weighted by Crippen LogP contribution is 2.22. The summed E-state index contributed by atoms with van der Waals surface area (Å²) in [5.41, 5.74) is 1.69. The normalized spacial score (nSPS) is 12.7. The van der Waals surface area contributed by atoms with Gasteiger partial charge in [-0.25, -0.2) is 4.98 Å². The van der Waals surface area contributed by atoms with Crippen molar-refractivity contribution in [1.82, 2.24) is 29.6 Å². The fourth-order valence-corrected chi connectivity index (χ4v) is 3.29. The fourth-order valence-electron chi connectivity index (χ4n) is 3.29. The molecule has 3 heterocycles. The number of likely N-dealkylation sites (N-methyl/N-ethyl adjacent to an activating group) is 1.